The molecular formula is C29H40ClN13O8. The number of benzene rings is 1. The molecule has 0 radical (unpaired) electrons. The van der Waals surface area contributed by atoms with E-state index in [4.69, 9.17) is 44.4 Å². The topological polar surface area (TPSA) is 347 Å². The zero-order chi connectivity index (χ0) is 38.1. The zero-order valence-corrected chi connectivity index (χ0v) is 28.4. The minimum absolute atomic E-state index is 0.0188. The standard InChI is InChI=1S/C29H40ClN13O8/c1-14(2)19(40-29(50)51-13-15-7-4-3-5-8-15)25(48)37-11-17(44)38-16(9-6-10-35-27(32)33)24(47)42-28(34)43-26(49)20-22(31)41-23(21(30)39-20)36-12-18(45)46/h3-5,7-8,14,16,19H,6,9-13H2,1-2H3,(H,37,48)(H,38,44)(H,40,50)(H,45,46)(H3,31,36,41)(H4,32,33,35)(H3,34,42,43,47,49)/t16-,19-/m0/s1. The number of ether oxygens (including phenoxy) is 1. The summed E-state index contributed by atoms with van der Waals surface area (Å²) in [6.07, 6.45) is -0.656. The van der Waals surface area contributed by atoms with Crippen molar-refractivity contribution in [1.82, 2.24) is 31.2 Å². The highest BCUT2D eigenvalue weighted by Crippen LogP contribution is 2.21. The summed E-state index contributed by atoms with van der Waals surface area (Å²) in [6, 6.07) is 6.57. The van der Waals surface area contributed by atoms with Crippen molar-refractivity contribution in [3.05, 3.63) is 46.7 Å². The van der Waals surface area contributed by atoms with Gasteiger partial charge < -0.3 is 54.0 Å². The summed E-state index contributed by atoms with van der Waals surface area (Å²) >= 11 is 5.95. The van der Waals surface area contributed by atoms with E-state index in [2.05, 4.69) is 46.5 Å². The van der Waals surface area contributed by atoms with Gasteiger partial charge in [-0.05, 0) is 24.3 Å². The minimum Gasteiger partial charge on any atom is -0.480 e. The lowest BCUT2D eigenvalue weighted by molar-refractivity contribution is -0.135. The molecule has 22 heteroatoms. The molecule has 1 heterocycles. The van der Waals surface area contributed by atoms with Crippen LogP contribution >= 0.6 is 11.6 Å². The van der Waals surface area contributed by atoms with Crippen molar-refractivity contribution in [3.63, 3.8) is 0 Å². The van der Waals surface area contributed by atoms with E-state index >= 15 is 0 Å². The summed E-state index contributed by atoms with van der Waals surface area (Å²) in [5.74, 6) is -6.72. The third-order valence-corrected chi connectivity index (χ3v) is 6.68. The number of alkyl carbamates (subject to hydrolysis) is 1. The van der Waals surface area contributed by atoms with Gasteiger partial charge in [-0.3, -0.25) is 34.3 Å². The van der Waals surface area contributed by atoms with Crippen molar-refractivity contribution in [1.29, 1.82) is 0 Å². The fourth-order valence-electron chi connectivity index (χ4n) is 3.98. The van der Waals surface area contributed by atoms with Crippen LogP contribution in [0, 0.1) is 5.92 Å². The number of nitrogens with zero attached hydrogens (tertiary/aromatic N) is 4. The fourth-order valence-corrected chi connectivity index (χ4v) is 4.18. The number of nitrogens with two attached hydrogens (primary N) is 4. The maximum atomic E-state index is 13.1. The Labute approximate surface area is 296 Å². The fraction of sp³-hybridized carbons (Fsp3) is 0.379. The second-order valence-electron chi connectivity index (χ2n) is 10.9. The largest absolute Gasteiger partial charge is 0.480 e. The number of aliphatic imine (C=N–C) groups is 2. The van der Waals surface area contributed by atoms with Gasteiger partial charge in [0.1, 0.15) is 25.2 Å². The second kappa shape index (κ2) is 20.3. The summed E-state index contributed by atoms with van der Waals surface area (Å²) in [5.41, 5.74) is 22.4. The third-order valence-electron chi connectivity index (χ3n) is 6.42. The molecule has 0 aliphatic carbocycles. The minimum atomic E-state index is -1.28. The first kappa shape index (κ1) is 40.9. The van der Waals surface area contributed by atoms with Gasteiger partial charge in [0.2, 0.25) is 23.7 Å². The predicted octanol–water partition coefficient (Wildman–Crippen LogP) is -1.61. The number of carbonyl (C=O) groups is 6. The number of halogens is 1. The monoisotopic (exact) mass is 733 g/mol. The number of hydrogen-bond acceptors (Lipinski definition) is 12. The molecule has 14 N–H and O–H groups in total. The highest BCUT2D eigenvalue weighted by atomic mass is 35.5. The summed E-state index contributed by atoms with van der Waals surface area (Å²) in [4.78, 5) is 89.5. The first-order valence-electron chi connectivity index (χ1n) is 15.1. The number of amides is 5. The van der Waals surface area contributed by atoms with Crippen molar-refractivity contribution in [2.24, 2.45) is 33.1 Å². The second-order valence-corrected chi connectivity index (χ2v) is 11.2. The van der Waals surface area contributed by atoms with Crippen LogP contribution in [0.5, 0.6) is 0 Å². The van der Waals surface area contributed by atoms with Crippen LogP contribution in [-0.2, 0) is 30.5 Å². The molecule has 2 aromatic rings. The molecule has 5 amide bonds. The average molecular weight is 734 g/mol. The van der Waals surface area contributed by atoms with E-state index in [0.29, 0.717) is 0 Å². The maximum Gasteiger partial charge on any atom is 0.408 e. The van der Waals surface area contributed by atoms with E-state index in [9.17, 15) is 28.8 Å². The number of aliphatic carboxylic acids is 1. The molecule has 2 atom stereocenters. The number of nitrogens with one attached hydrogen (secondary N) is 5. The van der Waals surface area contributed by atoms with Crippen LogP contribution in [0.4, 0.5) is 16.4 Å². The maximum absolute atomic E-state index is 13.1. The molecule has 1 aromatic heterocycles. The van der Waals surface area contributed by atoms with Gasteiger partial charge >= 0.3 is 18.0 Å². The van der Waals surface area contributed by atoms with Crippen LogP contribution in [0.2, 0.25) is 5.15 Å². The molecule has 0 spiro atoms. The third kappa shape index (κ3) is 14.8. The quantitative estimate of drug-likeness (QED) is 0.0496. The lowest BCUT2D eigenvalue weighted by atomic mass is 10.0. The van der Waals surface area contributed by atoms with E-state index in [1.54, 1.807) is 38.1 Å². The SMILES string of the molecule is CC(C)[C@H](NC(=O)OCc1ccccc1)C(=O)NCC(=O)N[C@@H](CCCN=C(N)N)C(=O)NC(N)=NC(=O)c1nc(Cl)c(NCC(=O)O)nc1N. The Morgan fingerprint density at radius 1 is 0.980 bits per heavy atom. The van der Waals surface area contributed by atoms with Gasteiger partial charge in [-0.15, -0.1) is 0 Å². The van der Waals surface area contributed by atoms with Crippen LogP contribution in [-0.4, -0.2) is 94.4 Å². The molecule has 0 unspecified atom stereocenters. The number of aromatic nitrogens is 2. The molecule has 0 saturated heterocycles. The van der Waals surface area contributed by atoms with E-state index in [1.165, 1.54) is 0 Å². The zero-order valence-electron chi connectivity index (χ0n) is 27.6. The van der Waals surface area contributed by atoms with Crippen LogP contribution in [0.25, 0.3) is 0 Å². The highest BCUT2D eigenvalue weighted by Gasteiger charge is 2.27. The van der Waals surface area contributed by atoms with Crippen molar-refractivity contribution < 1.29 is 38.6 Å². The Bertz CT molecular complexity index is 1640. The Morgan fingerprint density at radius 3 is 2.29 bits per heavy atom. The number of guanidine groups is 2. The highest BCUT2D eigenvalue weighted by molar-refractivity contribution is 6.32. The van der Waals surface area contributed by atoms with Gasteiger partial charge in [0.05, 0.1) is 6.54 Å². The molecule has 21 nitrogen and oxygen atoms in total. The molecule has 1 aromatic carbocycles. The van der Waals surface area contributed by atoms with Crippen molar-refractivity contribution in [3.8, 4) is 0 Å². The number of carbonyl (C=O) groups excluding carboxylic acids is 5. The molecule has 2 rings (SSSR count). The van der Waals surface area contributed by atoms with Crippen LogP contribution < -0.4 is 49.5 Å². The molecule has 0 saturated carbocycles. The van der Waals surface area contributed by atoms with Gasteiger partial charge in [0.15, 0.2) is 28.4 Å². The van der Waals surface area contributed by atoms with Gasteiger partial charge in [-0.1, -0.05) is 55.8 Å². The van der Waals surface area contributed by atoms with Gasteiger partial charge in [0.25, 0.3) is 0 Å². The molecule has 0 fully saturated rings. The van der Waals surface area contributed by atoms with Crippen LogP contribution in [0.15, 0.2) is 40.3 Å². The number of hydrogen-bond donors (Lipinski definition) is 10. The van der Waals surface area contributed by atoms with Crippen molar-refractivity contribution in [2.45, 2.75) is 45.4 Å². The summed E-state index contributed by atoms with van der Waals surface area (Å²) in [7, 11) is 0. The number of anilines is 2. The van der Waals surface area contributed by atoms with Crippen LogP contribution in [0.3, 0.4) is 0 Å². The molecule has 0 aliphatic heterocycles. The first-order chi connectivity index (χ1) is 24.1. The number of nitrogen functional groups attached to an aromatic ring is 1. The van der Waals surface area contributed by atoms with E-state index in [1.807, 2.05) is 6.07 Å². The normalized spacial score (nSPS) is 12.1. The van der Waals surface area contributed by atoms with E-state index in [-0.39, 0.29) is 48.8 Å². The summed E-state index contributed by atoms with van der Waals surface area (Å²) in [6.45, 7) is 2.29. The van der Waals surface area contributed by atoms with Gasteiger partial charge in [-0.25, -0.2) is 14.8 Å². The predicted molar refractivity (Wildman–Crippen MR) is 185 cm³/mol. The number of carboxylic acids is 1. The smallest absolute Gasteiger partial charge is 0.408 e. The van der Waals surface area contributed by atoms with Crippen LogP contribution in [0.1, 0.15) is 42.7 Å². The number of carboxylic acid groups (broad SMARTS) is 1. The van der Waals surface area contributed by atoms with E-state index < -0.39 is 78.3 Å². The Hall–Kier alpha value is -6.25. The Kier molecular flexibility index (Phi) is 16.3. The first-order valence-corrected chi connectivity index (χ1v) is 15.5. The Morgan fingerprint density at radius 2 is 1.67 bits per heavy atom. The average Bonchev–Trinajstić information content (AvgIpc) is 3.06. The van der Waals surface area contributed by atoms with Crippen molar-refractivity contribution in [2.75, 3.05) is 30.7 Å². The molecule has 276 valence electrons. The lowest BCUT2D eigenvalue weighted by Gasteiger charge is -2.22. The van der Waals surface area contributed by atoms with Crippen molar-refractivity contribution >= 4 is 70.8 Å². The summed E-state index contributed by atoms with van der Waals surface area (Å²) in [5, 5.41) is 20.3. The van der Waals surface area contributed by atoms with Gasteiger partial charge in [0, 0.05) is 6.54 Å². The number of rotatable bonds is 17. The molecule has 0 aliphatic rings. The van der Waals surface area contributed by atoms with Gasteiger partial charge in [-0.2, -0.15) is 4.99 Å². The lowest BCUT2D eigenvalue weighted by Crippen LogP contribution is -2.54. The molecule has 0 bridgehead atoms. The molecular weight excluding hydrogens is 694 g/mol. The molecule has 51 heavy (non-hydrogen) atoms. The summed E-state index contributed by atoms with van der Waals surface area (Å²) < 4.78 is 5.18. The van der Waals surface area contributed by atoms with E-state index in [0.717, 1.165) is 5.56 Å². The Balaban J connectivity index is 2.05.